The molecule has 0 saturated heterocycles. The van der Waals surface area contributed by atoms with E-state index in [-0.39, 0.29) is 5.56 Å². The molecule has 0 saturated carbocycles. The lowest BCUT2D eigenvalue weighted by molar-refractivity contribution is 0.356. The first-order chi connectivity index (χ1) is 16.0. The van der Waals surface area contributed by atoms with Gasteiger partial charge in [0.25, 0.3) is 5.56 Å². The van der Waals surface area contributed by atoms with E-state index in [0.29, 0.717) is 63.7 Å². The molecule has 33 heavy (non-hydrogen) atoms. The summed E-state index contributed by atoms with van der Waals surface area (Å²) in [6.45, 7) is 4.34. The first kappa shape index (κ1) is 21.8. The number of anilines is 1. The molecule has 11 nitrogen and oxygen atoms in total. The van der Waals surface area contributed by atoms with Gasteiger partial charge in [-0.25, -0.2) is 4.98 Å². The molecule has 3 aromatic heterocycles. The summed E-state index contributed by atoms with van der Waals surface area (Å²) in [6, 6.07) is 3.54. The van der Waals surface area contributed by atoms with E-state index in [2.05, 4.69) is 42.1 Å². The van der Waals surface area contributed by atoms with Gasteiger partial charge in [-0.15, -0.1) is 0 Å². The maximum absolute atomic E-state index is 13.1. The summed E-state index contributed by atoms with van der Waals surface area (Å²) in [7, 11) is 4.92. The Labute approximate surface area is 188 Å². The number of fused-ring (bicyclic) bond motifs is 2. The molecule has 0 radical (unpaired) electrons. The van der Waals surface area contributed by atoms with Crippen LogP contribution in [0.15, 0.2) is 45.4 Å². The Bertz CT molecular complexity index is 1390. The van der Waals surface area contributed by atoms with E-state index in [0.717, 1.165) is 0 Å². The maximum Gasteiger partial charge on any atom is 0.261 e. The third kappa shape index (κ3) is 4.33. The Morgan fingerprint density at radius 3 is 2.76 bits per heavy atom. The number of aryl methyl sites for hydroxylation is 1. The summed E-state index contributed by atoms with van der Waals surface area (Å²) in [5.74, 6) is 1.51. The quantitative estimate of drug-likeness (QED) is 0.266. The van der Waals surface area contributed by atoms with Crippen LogP contribution in [-0.2, 0) is 7.05 Å². The van der Waals surface area contributed by atoms with Crippen molar-refractivity contribution in [3.63, 3.8) is 0 Å². The van der Waals surface area contributed by atoms with Gasteiger partial charge in [-0.3, -0.25) is 19.5 Å². The summed E-state index contributed by atoms with van der Waals surface area (Å²) in [4.78, 5) is 31.7. The minimum atomic E-state index is -0.292. The number of H-pyrrole nitrogens is 2. The molecular formula is C22H24N8O3. The summed E-state index contributed by atoms with van der Waals surface area (Å²) in [5, 5.41) is 7.83. The van der Waals surface area contributed by atoms with Crippen LogP contribution in [0.1, 0.15) is 0 Å². The third-order valence-electron chi connectivity index (χ3n) is 4.94. The van der Waals surface area contributed by atoms with Crippen LogP contribution in [0.4, 0.5) is 5.69 Å². The molecule has 4 rings (SSSR count). The van der Waals surface area contributed by atoms with Crippen LogP contribution < -0.4 is 20.3 Å². The first-order valence-corrected chi connectivity index (χ1v) is 10.1. The highest BCUT2D eigenvalue weighted by atomic mass is 16.5. The van der Waals surface area contributed by atoms with Crippen molar-refractivity contribution in [2.75, 3.05) is 32.6 Å². The van der Waals surface area contributed by atoms with Gasteiger partial charge in [0.05, 0.1) is 43.0 Å². The molecule has 0 fully saturated rings. The van der Waals surface area contributed by atoms with Crippen LogP contribution in [0.25, 0.3) is 33.5 Å². The molecule has 1 aromatic carbocycles. The zero-order valence-electron chi connectivity index (χ0n) is 18.5. The molecule has 0 aliphatic rings. The number of rotatable bonds is 9. The number of imidazole rings is 1. The number of nitrogens with zero attached hydrogens (tertiary/aromatic N) is 5. The average Bonchev–Trinajstić information content (AvgIpc) is 3.38. The lowest BCUT2D eigenvalue weighted by Gasteiger charge is -2.09. The Kier molecular flexibility index (Phi) is 6.20. The number of aromatic amines is 2. The summed E-state index contributed by atoms with van der Waals surface area (Å²) in [6.07, 6.45) is 6.64. The van der Waals surface area contributed by atoms with E-state index in [1.807, 2.05) is 0 Å². The molecule has 0 spiro atoms. The van der Waals surface area contributed by atoms with Crippen molar-refractivity contribution < 1.29 is 9.47 Å². The number of pyridine rings is 1. The number of nitrogens with one attached hydrogen (secondary N) is 3. The van der Waals surface area contributed by atoms with Crippen molar-refractivity contribution >= 4 is 40.7 Å². The largest absolute Gasteiger partial charge is 0.493 e. The molecule has 3 heterocycles. The first-order valence-electron chi connectivity index (χ1n) is 10.1. The van der Waals surface area contributed by atoms with Crippen LogP contribution in [0.3, 0.4) is 0 Å². The zero-order valence-corrected chi connectivity index (χ0v) is 18.5. The van der Waals surface area contributed by atoms with Crippen molar-refractivity contribution in [3.05, 3.63) is 41.0 Å². The number of hydrogen-bond acceptors (Lipinski definition) is 8. The molecule has 0 atom stereocenters. The Hall–Kier alpha value is -4.41. The second-order valence-corrected chi connectivity index (χ2v) is 7.09. The number of aromatic nitrogens is 5. The molecule has 0 unspecified atom stereocenters. The molecule has 0 amide bonds. The van der Waals surface area contributed by atoms with Crippen LogP contribution >= 0.6 is 0 Å². The number of aliphatic imine (C=N–C) groups is 2. The second-order valence-electron chi connectivity index (χ2n) is 7.09. The number of benzene rings is 1. The monoisotopic (exact) mass is 448 g/mol. The average molecular weight is 448 g/mol. The van der Waals surface area contributed by atoms with E-state index >= 15 is 0 Å². The highest BCUT2D eigenvalue weighted by molar-refractivity contribution is 5.96. The van der Waals surface area contributed by atoms with Crippen molar-refractivity contribution in [1.29, 1.82) is 0 Å². The lowest BCUT2D eigenvalue weighted by atomic mass is 10.2. The van der Waals surface area contributed by atoms with Gasteiger partial charge in [-0.1, -0.05) is 0 Å². The van der Waals surface area contributed by atoms with E-state index in [1.54, 1.807) is 62.8 Å². The van der Waals surface area contributed by atoms with Crippen molar-refractivity contribution in [2.24, 2.45) is 17.0 Å². The fourth-order valence-corrected chi connectivity index (χ4v) is 3.51. The van der Waals surface area contributed by atoms with Crippen molar-refractivity contribution in [1.82, 2.24) is 24.7 Å². The molecule has 11 heteroatoms. The second kappa shape index (κ2) is 9.39. The number of allylic oxidation sites excluding steroid dienone is 1. The lowest BCUT2D eigenvalue weighted by Crippen LogP contribution is -2.15. The summed E-state index contributed by atoms with van der Waals surface area (Å²) < 4.78 is 12.4. The zero-order chi connectivity index (χ0) is 23.4. The smallest absolute Gasteiger partial charge is 0.261 e. The van der Waals surface area contributed by atoms with Gasteiger partial charge in [-0.05, 0) is 12.8 Å². The van der Waals surface area contributed by atoms with Gasteiger partial charge in [0, 0.05) is 44.3 Å². The van der Waals surface area contributed by atoms with Crippen molar-refractivity contribution in [3.8, 4) is 22.9 Å². The van der Waals surface area contributed by atoms with Crippen LogP contribution in [-0.4, -0.2) is 65.0 Å². The van der Waals surface area contributed by atoms with E-state index in [1.165, 1.54) is 0 Å². The molecule has 0 aliphatic heterocycles. The number of hydrogen-bond donors (Lipinski definition) is 3. The highest BCUT2D eigenvalue weighted by Gasteiger charge is 2.20. The Balaban J connectivity index is 1.78. The Morgan fingerprint density at radius 1 is 1.21 bits per heavy atom. The molecule has 170 valence electrons. The van der Waals surface area contributed by atoms with Gasteiger partial charge in [0.1, 0.15) is 16.9 Å². The molecule has 3 N–H and O–H groups in total. The van der Waals surface area contributed by atoms with E-state index in [4.69, 9.17) is 9.47 Å². The summed E-state index contributed by atoms with van der Waals surface area (Å²) >= 11 is 0. The van der Waals surface area contributed by atoms with Gasteiger partial charge in [0.2, 0.25) is 0 Å². The van der Waals surface area contributed by atoms with E-state index in [9.17, 15) is 4.79 Å². The molecule has 0 aliphatic carbocycles. The van der Waals surface area contributed by atoms with Gasteiger partial charge < -0.3 is 24.8 Å². The SMILES string of the molecule is C=N/C=C\C=N/CCNc1c(-c2nc3cc(OC)c(OC)cc3[nH]2)c(=O)[nH]c2cn(C)nc12. The standard InChI is InChI=1S/C22H24N8O3/c1-23-6-5-7-24-8-9-25-20-18(22(31)28-15-12-30(2)29-19(15)20)21-26-13-10-16(32-3)17(33-4)11-14(13)27-21/h5-7,10-12,25H,1,8-9H2,2-4H3,(H,26,27)(H,28,31)/b6-5-,24-7-. The molecule has 0 bridgehead atoms. The van der Waals surface area contributed by atoms with Crippen molar-refractivity contribution in [2.45, 2.75) is 0 Å². The highest BCUT2D eigenvalue weighted by Crippen LogP contribution is 2.34. The minimum Gasteiger partial charge on any atom is -0.493 e. The summed E-state index contributed by atoms with van der Waals surface area (Å²) in [5.41, 5.74) is 3.24. The number of methoxy groups -OCH3 is 2. The third-order valence-corrected chi connectivity index (χ3v) is 4.94. The van der Waals surface area contributed by atoms with Crippen LogP contribution in [0.5, 0.6) is 11.5 Å². The molecular weight excluding hydrogens is 424 g/mol. The minimum absolute atomic E-state index is 0.292. The van der Waals surface area contributed by atoms with Gasteiger partial charge in [-0.2, -0.15) is 5.10 Å². The van der Waals surface area contributed by atoms with Crippen LogP contribution in [0, 0.1) is 0 Å². The normalized spacial score (nSPS) is 11.7. The molecule has 4 aromatic rings. The number of ether oxygens (including phenoxy) is 2. The fraction of sp³-hybridized carbons (Fsp3) is 0.227. The predicted molar refractivity (Wildman–Crippen MR) is 130 cm³/mol. The maximum atomic E-state index is 13.1. The van der Waals surface area contributed by atoms with Gasteiger partial charge in [0.15, 0.2) is 11.5 Å². The van der Waals surface area contributed by atoms with Crippen LogP contribution in [0.2, 0.25) is 0 Å². The topological polar surface area (TPSA) is 135 Å². The fourth-order valence-electron chi connectivity index (χ4n) is 3.51. The predicted octanol–water partition coefficient (Wildman–Crippen LogP) is 2.52. The van der Waals surface area contributed by atoms with E-state index < -0.39 is 0 Å². The Morgan fingerprint density at radius 2 is 2.00 bits per heavy atom. The van der Waals surface area contributed by atoms with Gasteiger partial charge >= 0.3 is 0 Å².